The first-order chi connectivity index (χ1) is 7.90. The zero-order chi connectivity index (χ0) is 11.2. The van der Waals surface area contributed by atoms with Gasteiger partial charge in [-0.25, -0.2) is 0 Å². The van der Waals surface area contributed by atoms with Crippen LogP contribution >= 0.6 is 0 Å². The Hall–Kier alpha value is -1.22. The number of methoxy groups -OCH3 is 1. The minimum absolute atomic E-state index is 0.611. The van der Waals surface area contributed by atoms with Crippen LogP contribution in [-0.2, 0) is 4.74 Å². The molecule has 0 unspecified atom stereocenters. The zero-order valence-corrected chi connectivity index (χ0v) is 9.82. The summed E-state index contributed by atoms with van der Waals surface area (Å²) in [6, 6.07) is 8.33. The van der Waals surface area contributed by atoms with E-state index in [9.17, 15) is 0 Å². The molecule has 0 radical (unpaired) electrons. The van der Waals surface area contributed by atoms with Crippen molar-refractivity contribution in [2.24, 2.45) is 0 Å². The van der Waals surface area contributed by atoms with Gasteiger partial charge < -0.3 is 14.4 Å². The number of benzene rings is 1. The highest BCUT2D eigenvalue weighted by molar-refractivity contribution is 5.49. The minimum Gasteiger partial charge on any atom is -0.491 e. The van der Waals surface area contributed by atoms with Crippen molar-refractivity contribution in [2.75, 3.05) is 38.3 Å². The molecule has 1 aromatic carbocycles. The van der Waals surface area contributed by atoms with Gasteiger partial charge in [0.05, 0.1) is 6.61 Å². The average molecular weight is 221 g/mol. The highest BCUT2D eigenvalue weighted by Crippen LogP contribution is 2.22. The third kappa shape index (κ3) is 2.89. The van der Waals surface area contributed by atoms with Crippen LogP contribution in [-0.4, -0.2) is 33.4 Å². The lowest BCUT2D eigenvalue weighted by atomic mass is 10.3. The summed E-state index contributed by atoms with van der Waals surface area (Å²) >= 11 is 0. The predicted molar refractivity (Wildman–Crippen MR) is 65.3 cm³/mol. The smallest absolute Gasteiger partial charge is 0.119 e. The summed E-state index contributed by atoms with van der Waals surface area (Å²) in [5.41, 5.74) is 1.30. The molecule has 1 fully saturated rings. The van der Waals surface area contributed by atoms with Gasteiger partial charge in [0.1, 0.15) is 12.4 Å². The molecule has 1 aliphatic heterocycles. The molecule has 0 aliphatic carbocycles. The van der Waals surface area contributed by atoms with Crippen LogP contribution in [0.15, 0.2) is 24.3 Å². The predicted octanol–water partition coefficient (Wildman–Crippen LogP) is 2.31. The standard InChI is InChI=1S/C13H19NO2/c1-15-10-11-16-13-6-4-12(5-7-13)14-8-2-3-9-14/h4-7H,2-3,8-11H2,1H3. The maximum Gasteiger partial charge on any atom is 0.119 e. The summed E-state index contributed by atoms with van der Waals surface area (Å²) in [4.78, 5) is 2.42. The Bertz CT molecular complexity index is 304. The van der Waals surface area contributed by atoms with Crippen LogP contribution in [0.5, 0.6) is 5.75 Å². The first-order valence-corrected chi connectivity index (χ1v) is 5.87. The normalized spacial score (nSPS) is 15.4. The summed E-state index contributed by atoms with van der Waals surface area (Å²) in [5.74, 6) is 0.917. The molecular weight excluding hydrogens is 202 g/mol. The van der Waals surface area contributed by atoms with E-state index in [0.29, 0.717) is 13.2 Å². The highest BCUT2D eigenvalue weighted by Gasteiger charge is 2.11. The molecule has 0 amide bonds. The Morgan fingerprint density at radius 1 is 1.06 bits per heavy atom. The van der Waals surface area contributed by atoms with Crippen molar-refractivity contribution in [3.05, 3.63) is 24.3 Å². The first kappa shape index (κ1) is 11.3. The van der Waals surface area contributed by atoms with Crippen LogP contribution in [0.1, 0.15) is 12.8 Å². The number of anilines is 1. The SMILES string of the molecule is COCCOc1ccc(N2CCCC2)cc1. The molecule has 16 heavy (non-hydrogen) atoms. The van der Waals surface area contributed by atoms with E-state index in [4.69, 9.17) is 9.47 Å². The van der Waals surface area contributed by atoms with Gasteiger partial charge in [-0.2, -0.15) is 0 Å². The zero-order valence-electron chi connectivity index (χ0n) is 9.82. The fourth-order valence-electron chi connectivity index (χ4n) is 1.97. The van der Waals surface area contributed by atoms with Gasteiger partial charge in [0.25, 0.3) is 0 Å². The number of hydrogen-bond donors (Lipinski definition) is 0. The third-order valence-corrected chi connectivity index (χ3v) is 2.86. The molecule has 1 saturated heterocycles. The summed E-state index contributed by atoms with van der Waals surface area (Å²) in [6.07, 6.45) is 2.62. The van der Waals surface area contributed by atoms with Gasteiger partial charge in [-0.3, -0.25) is 0 Å². The van der Waals surface area contributed by atoms with Crippen LogP contribution < -0.4 is 9.64 Å². The second-order valence-electron chi connectivity index (χ2n) is 4.03. The molecule has 0 bridgehead atoms. The molecule has 3 nitrogen and oxygen atoms in total. The van der Waals surface area contributed by atoms with Crippen LogP contribution in [0, 0.1) is 0 Å². The third-order valence-electron chi connectivity index (χ3n) is 2.86. The minimum atomic E-state index is 0.611. The summed E-state index contributed by atoms with van der Waals surface area (Å²) in [7, 11) is 1.68. The molecule has 2 rings (SSSR count). The number of ether oxygens (including phenoxy) is 2. The van der Waals surface area contributed by atoms with Crippen molar-refractivity contribution in [3.63, 3.8) is 0 Å². The van der Waals surface area contributed by atoms with Crippen molar-refractivity contribution in [1.29, 1.82) is 0 Å². The fourth-order valence-corrected chi connectivity index (χ4v) is 1.97. The Morgan fingerprint density at radius 2 is 1.75 bits per heavy atom. The highest BCUT2D eigenvalue weighted by atomic mass is 16.5. The second-order valence-corrected chi connectivity index (χ2v) is 4.03. The number of nitrogens with zero attached hydrogens (tertiary/aromatic N) is 1. The Balaban J connectivity index is 1.88. The van der Waals surface area contributed by atoms with Crippen molar-refractivity contribution in [1.82, 2.24) is 0 Å². The molecule has 0 spiro atoms. The molecule has 1 aromatic rings. The van der Waals surface area contributed by atoms with E-state index in [2.05, 4.69) is 17.0 Å². The lowest BCUT2D eigenvalue weighted by Crippen LogP contribution is -2.17. The van der Waals surface area contributed by atoms with Gasteiger partial charge in [-0.05, 0) is 37.1 Å². The van der Waals surface area contributed by atoms with Crippen LogP contribution in [0.4, 0.5) is 5.69 Å². The van der Waals surface area contributed by atoms with E-state index >= 15 is 0 Å². The fraction of sp³-hybridized carbons (Fsp3) is 0.538. The van der Waals surface area contributed by atoms with Crippen molar-refractivity contribution in [2.45, 2.75) is 12.8 Å². The Kier molecular flexibility index (Phi) is 4.05. The van der Waals surface area contributed by atoms with E-state index in [1.54, 1.807) is 7.11 Å². The topological polar surface area (TPSA) is 21.7 Å². The molecule has 1 heterocycles. The number of hydrogen-bond acceptors (Lipinski definition) is 3. The average Bonchev–Trinajstić information content (AvgIpc) is 2.84. The summed E-state index contributed by atoms with van der Waals surface area (Å²) in [6.45, 7) is 3.61. The van der Waals surface area contributed by atoms with E-state index in [-0.39, 0.29) is 0 Å². The molecule has 0 aromatic heterocycles. The van der Waals surface area contributed by atoms with Gasteiger partial charge in [0.15, 0.2) is 0 Å². The van der Waals surface area contributed by atoms with Crippen LogP contribution in [0.25, 0.3) is 0 Å². The monoisotopic (exact) mass is 221 g/mol. The lowest BCUT2D eigenvalue weighted by molar-refractivity contribution is 0.146. The molecule has 3 heteroatoms. The largest absolute Gasteiger partial charge is 0.491 e. The quantitative estimate of drug-likeness (QED) is 0.712. The van der Waals surface area contributed by atoms with E-state index in [1.165, 1.54) is 31.6 Å². The van der Waals surface area contributed by atoms with Gasteiger partial charge in [0, 0.05) is 25.9 Å². The van der Waals surface area contributed by atoms with Crippen LogP contribution in [0.2, 0.25) is 0 Å². The van der Waals surface area contributed by atoms with Crippen LogP contribution in [0.3, 0.4) is 0 Å². The molecule has 0 saturated carbocycles. The van der Waals surface area contributed by atoms with Gasteiger partial charge in [-0.1, -0.05) is 0 Å². The van der Waals surface area contributed by atoms with Gasteiger partial charge >= 0.3 is 0 Å². The van der Waals surface area contributed by atoms with E-state index < -0.39 is 0 Å². The summed E-state index contributed by atoms with van der Waals surface area (Å²) < 4.78 is 10.5. The molecule has 1 aliphatic rings. The van der Waals surface area contributed by atoms with Crippen molar-refractivity contribution < 1.29 is 9.47 Å². The lowest BCUT2D eigenvalue weighted by Gasteiger charge is -2.17. The molecular formula is C13H19NO2. The maximum absolute atomic E-state index is 5.52. The first-order valence-electron chi connectivity index (χ1n) is 5.87. The number of rotatable bonds is 5. The molecule has 88 valence electrons. The Labute approximate surface area is 97.0 Å². The van der Waals surface area contributed by atoms with E-state index in [1.807, 2.05) is 12.1 Å². The van der Waals surface area contributed by atoms with Gasteiger partial charge in [-0.15, -0.1) is 0 Å². The maximum atomic E-state index is 5.52. The van der Waals surface area contributed by atoms with Crippen molar-refractivity contribution in [3.8, 4) is 5.75 Å². The molecule has 0 N–H and O–H groups in total. The van der Waals surface area contributed by atoms with E-state index in [0.717, 1.165) is 5.75 Å². The second kappa shape index (κ2) is 5.75. The molecule has 0 atom stereocenters. The van der Waals surface area contributed by atoms with Gasteiger partial charge in [0.2, 0.25) is 0 Å². The Morgan fingerprint density at radius 3 is 2.38 bits per heavy atom. The summed E-state index contributed by atoms with van der Waals surface area (Å²) in [5, 5.41) is 0. The van der Waals surface area contributed by atoms with Crippen molar-refractivity contribution >= 4 is 5.69 Å².